The number of thiophene rings is 1. The maximum absolute atomic E-state index is 5.14. The highest BCUT2D eigenvalue weighted by Gasteiger charge is 2.21. The van der Waals surface area contributed by atoms with Crippen LogP contribution in [0, 0.1) is 0 Å². The van der Waals surface area contributed by atoms with Gasteiger partial charge in [-0.3, -0.25) is 4.99 Å². The van der Waals surface area contributed by atoms with Crippen molar-refractivity contribution in [3.05, 3.63) is 46.3 Å². The van der Waals surface area contributed by atoms with Crippen molar-refractivity contribution in [2.45, 2.75) is 25.8 Å². The van der Waals surface area contributed by atoms with Gasteiger partial charge in [-0.2, -0.15) is 0 Å². The molecular formula is C17H25IN4OS. The number of aromatic nitrogens is 1. The summed E-state index contributed by atoms with van der Waals surface area (Å²) >= 11 is 1.78. The Kier molecular flexibility index (Phi) is 8.47. The molecule has 2 aromatic rings. The molecule has 0 aliphatic rings. The molecule has 0 spiro atoms. The lowest BCUT2D eigenvalue weighted by molar-refractivity contribution is 0.397. The van der Waals surface area contributed by atoms with E-state index < -0.39 is 0 Å². The van der Waals surface area contributed by atoms with Crippen LogP contribution >= 0.6 is 35.3 Å². The highest BCUT2D eigenvalue weighted by atomic mass is 127. The molecule has 0 radical (unpaired) electrons. The highest BCUT2D eigenvalue weighted by molar-refractivity contribution is 14.0. The molecule has 2 heterocycles. The molecule has 5 nitrogen and oxygen atoms in total. The normalized spacial score (nSPS) is 11.6. The first kappa shape index (κ1) is 20.7. The number of halogens is 1. The van der Waals surface area contributed by atoms with E-state index in [0.29, 0.717) is 12.4 Å². The molecular weight excluding hydrogens is 435 g/mol. The van der Waals surface area contributed by atoms with E-state index in [9.17, 15) is 0 Å². The first-order valence-electron chi connectivity index (χ1n) is 7.52. The predicted molar refractivity (Wildman–Crippen MR) is 112 cm³/mol. The Bertz CT molecular complexity index is 644. The summed E-state index contributed by atoms with van der Waals surface area (Å²) in [6.45, 7) is 5.94. The zero-order chi connectivity index (χ0) is 16.7. The van der Waals surface area contributed by atoms with Crippen molar-refractivity contribution in [3.8, 4) is 5.88 Å². The fourth-order valence-corrected chi connectivity index (χ4v) is 2.99. The minimum Gasteiger partial charge on any atom is -0.481 e. The predicted octanol–water partition coefficient (Wildman–Crippen LogP) is 3.41. The smallest absolute Gasteiger partial charge is 0.213 e. The van der Waals surface area contributed by atoms with Gasteiger partial charge in [0, 0.05) is 42.7 Å². The number of pyridine rings is 1. The minimum absolute atomic E-state index is 0. The SMILES string of the molecule is CN=C(NCc1ccnc(OC)c1)NCC(C)(C)c1cccs1.I. The van der Waals surface area contributed by atoms with Crippen LogP contribution in [0.15, 0.2) is 40.8 Å². The summed E-state index contributed by atoms with van der Waals surface area (Å²) in [5.74, 6) is 1.40. The lowest BCUT2D eigenvalue weighted by atomic mass is 9.91. The van der Waals surface area contributed by atoms with E-state index in [1.54, 1.807) is 31.7 Å². The Labute approximate surface area is 165 Å². The molecule has 2 N–H and O–H groups in total. The van der Waals surface area contributed by atoms with Gasteiger partial charge in [0.05, 0.1) is 7.11 Å². The molecule has 0 saturated carbocycles. The number of ether oxygens (including phenoxy) is 1. The van der Waals surface area contributed by atoms with Crippen molar-refractivity contribution >= 4 is 41.3 Å². The fraction of sp³-hybridized carbons (Fsp3) is 0.412. The monoisotopic (exact) mass is 460 g/mol. The number of rotatable bonds is 6. The van der Waals surface area contributed by atoms with Gasteiger partial charge in [-0.15, -0.1) is 35.3 Å². The van der Waals surface area contributed by atoms with E-state index in [-0.39, 0.29) is 29.4 Å². The summed E-state index contributed by atoms with van der Waals surface area (Å²) in [6.07, 6.45) is 1.74. The topological polar surface area (TPSA) is 58.5 Å². The summed E-state index contributed by atoms with van der Waals surface area (Å²) in [7, 11) is 3.40. The van der Waals surface area contributed by atoms with Crippen LogP contribution in [0.5, 0.6) is 5.88 Å². The maximum Gasteiger partial charge on any atom is 0.213 e. The third-order valence-electron chi connectivity index (χ3n) is 3.58. The molecule has 0 amide bonds. The van der Waals surface area contributed by atoms with E-state index in [1.807, 2.05) is 12.1 Å². The first-order valence-corrected chi connectivity index (χ1v) is 8.40. The van der Waals surface area contributed by atoms with E-state index in [4.69, 9.17) is 4.74 Å². The summed E-state index contributed by atoms with van der Waals surface area (Å²) in [6, 6.07) is 8.13. The molecule has 7 heteroatoms. The van der Waals surface area contributed by atoms with E-state index in [0.717, 1.165) is 18.1 Å². The van der Waals surface area contributed by atoms with Crippen LogP contribution < -0.4 is 15.4 Å². The van der Waals surface area contributed by atoms with Crippen LogP contribution in [0.2, 0.25) is 0 Å². The van der Waals surface area contributed by atoms with Crippen molar-refractivity contribution in [1.82, 2.24) is 15.6 Å². The van der Waals surface area contributed by atoms with Crippen LogP contribution in [0.4, 0.5) is 0 Å². The Morgan fingerprint density at radius 3 is 2.75 bits per heavy atom. The Morgan fingerprint density at radius 1 is 1.33 bits per heavy atom. The average Bonchev–Trinajstić information content (AvgIpc) is 3.10. The quantitative estimate of drug-likeness (QED) is 0.394. The zero-order valence-corrected chi connectivity index (χ0v) is 17.6. The molecule has 0 unspecified atom stereocenters. The third kappa shape index (κ3) is 5.94. The summed E-state index contributed by atoms with van der Waals surface area (Å²) in [5.41, 5.74) is 1.16. The first-order chi connectivity index (χ1) is 11.0. The standard InChI is InChI=1S/C17H24N4OS.HI/c1-17(2,14-6-5-9-23-14)12-21-16(18-3)20-11-13-7-8-19-15(10-13)22-4;/h5-10H,11-12H2,1-4H3,(H2,18,20,21);1H. The van der Waals surface area contributed by atoms with Crippen LogP contribution in [-0.2, 0) is 12.0 Å². The van der Waals surface area contributed by atoms with Crippen LogP contribution in [0.25, 0.3) is 0 Å². The highest BCUT2D eigenvalue weighted by Crippen LogP contribution is 2.26. The molecule has 0 saturated heterocycles. The van der Waals surface area contributed by atoms with Crippen molar-refractivity contribution in [2.24, 2.45) is 4.99 Å². The van der Waals surface area contributed by atoms with Gasteiger partial charge in [-0.25, -0.2) is 4.98 Å². The van der Waals surface area contributed by atoms with Gasteiger partial charge in [0.2, 0.25) is 5.88 Å². The summed E-state index contributed by atoms with van der Waals surface area (Å²) < 4.78 is 5.14. The minimum atomic E-state index is 0. The molecule has 0 atom stereocenters. The van der Waals surface area contributed by atoms with Gasteiger partial charge in [0.1, 0.15) is 0 Å². The van der Waals surface area contributed by atoms with Gasteiger partial charge in [-0.1, -0.05) is 19.9 Å². The Hall–Kier alpha value is -1.35. The lowest BCUT2D eigenvalue weighted by Crippen LogP contribution is -2.42. The molecule has 0 fully saturated rings. The van der Waals surface area contributed by atoms with Gasteiger partial charge >= 0.3 is 0 Å². The summed E-state index contributed by atoms with van der Waals surface area (Å²) in [4.78, 5) is 9.75. The third-order valence-corrected chi connectivity index (χ3v) is 4.81. The Morgan fingerprint density at radius 2 is 2.12 bits per heavy atom. The van der Waals surface area contributed by atoms with E-state index in [1.165, 1.54) is 4.88 Å². The van der Waals surface area contributed by atoms with Crippen molar-refractivity contribution in [2.75, 3.05) is 20.7 Å². The van der Waals surface area contributed by atoms with Crippen molar-refractivity contribution in [1.29, 1.82) is 0 Å². The second kappa shape index (κ2) is 9.83. The zero-order valence-electron chi connectivity index (χ0n) is 14.5. The number of nitrogens with one attached hydrogen (secondary N) is 2. The lowest BCUT2D eigenvalue weighted by Gasteiger charge is -2.25. The van der Waals surface area contributed by atoms with Gasteiger partial charge < -0.3 is 15.4 Å². The van der Waals surface area contributed by atoms with E-state index >= 15 is 0 Å². The molecule has 0 aliphatic carbocycles. The maximum atomic E-state index is 5.14. The molecule has 2 aromatic heterocycles. The fourth-order valence-electron chi connectivity index (χ4n) is 2.13. The van der Waals surface area contributed by atoms with E-state index in [2.05, 4.69) is 52.0 Å². The molecule has 0 aliphatic heterocycles. The molecule has 24 heavy (non-hydrogen) atoms. The number of guanidine groups is 1. The van der Waals surface area contributed by atoms with Gasteiger partial charge in [-0.05, 0) is 23.1 Å². The van der Waals surface area contributed by atoms with Crippen molar-refractivity contribution in [3.63, 3.8) is 0 Å². The van der Waals surface area contributed by atoms with Crippen LogP contribution in [-0.4, -0.2) is 31.6 Å². The molecule has 132 valence electrons. The number of aliphatic imine (C=N–C) groups is 1. The van der Waals surface area contributed by atoms with Crippen LogP contribution in [0.1, 0.15) is 24.3 Å². The second-order valence-corrected chi connectivity index (χ2v) is 6.79. The molecule has 0 aromatic carbocycles. The molecule has 0 bridgehead atoms. The number of methoxy groups -OCH3 is 1. The van der Waals surface area contributed by atoms with Crippen LogP contribution in [0.3, 0.4) is 0 Å². The number of nitrogens with zero attached hydrogens (tertiary/aromatic N) is 2. The number of hydrogen-bond donors (Lipinski definition) is 2. The molecule has 2 rings (SSSR count). The van der Waals surface area contributed by atoms with Crippen molar-refractivity contribution < 1.29 is 4.74 Å². The largest absolute Gasteiger partial charge is 0.481 e. The Balaban J connectivity index is 0.00000288. The van der Waals surface area contributed by atoms with Gasteiger partial charge in [0.15, 0.2) is 5.96 Å². The second-order valence-electron chi connectivity index (χ2n) is 5.85. The number of hydrogen-bond acceptors (Lipinski definition) is 4. The van der Waals surface area contributed by atoms with Gasteiger partial charge in [0.25, 0.3) is 0 Å². The average molecular weight is 460 g/mol. The summed E-state index contributed by atoms with van der Waals surface area (Å²) in [5, 5.41) is 8.82.